The van der Waals surface area contributed by atoms with Gasteiger partial charge in [0, 0.05) is 0 Å². The molecule has 2 nitrogen and oxygen atoms in total. The van der Waals surface area contributed by atoms with Crippen LogP contribution in [0.15, 0.2) is 0 Å². The highest BCUT2D eigenvalue weighted by Gasteiger charge is 2.76. The third-order valence-corrected chi connectivity index (χ3v) is 3.92. The minimum absolute atomic E-state index is 0.0141. The molecule has 23 heavy (non-hydrogen) atoms. The van der Waals surface area contributed by atoms with Crippen LogP contribution in [0.25, 0.3) is 0 Å². The molecule has 0 aliphatic heterocycles. The number of rotatable bonds is 6. The number of hydrogen-bond donors (Lipinski definition) is 1. The molecule has 0 heterocycles. The molecule has 140 valence electrons. The Bertz CT molecular complexity index is 403. The van der Waals surface area contributed by atoms with Crippen molar-refractivity contribution < 1.29 is 54.0 Å². The molecule has 0 spiro atoms. The zero-order chi connectivity index (χ0) is 19.1. The summed E-state index contributed by atoms with van der Waals surface area (Å²) in [6.07, 6.45) is -16.1. The average Bonchev–Trinajstić information content (AvgIpc) is 2.35. The fraction of sp³-hybridized carbons (Fsp3) is 1.00. The minimum atomic E-state index is -6.70. The number of hydrogen-bond acceptors (Lipinski definition) is 2. The van der Waals surface area contributed by atoms with Crippen LogP contribution in [-0.4, -0.2) is 35.6 Å². The van der Waals surface area contributed by atoms with E-state index in [1.165, 1.54) is 0 Å². The van der Waals surface area contributed by atoms with Gasteiger partial charge in [-0.1, -0.05) is 13.8 Å². The van der Waals surface area contributed by atoms with E-state index >= 15 is 0 Å². The summed E-state index contributed by atoms with van der Waals surface area (Å²) < 4.78 is 128. The molecule has 0 aliphatic carbocycles. The molecule has 0 aromatic rings. The van der Waals surface area contributed by atoms with Crippen LogP contribution in [0.5, 0.6) is 0 Å². The molecule has 0 rings (SSSR count). The van der Waals surface area contributed by atoms with Crippen molar-refractivity contribution in [2.24, 2.45) is 11.3 Å². The van der Waals surface area contributed by atoms with Crippen molar-refractivity contribution in [2.75, 3.05) is 0 Å². The molecule has 0 fully saturated rings. The van der Waals surface area contributed by atoms with Gasteiger partial charge in [0.15, 0.2) is 0 Å². The average molecular weight is 368 g/mol. The van der Waals surface area contributed by atoms with Gasteiger partial charge in [-0.15, -0.1) is 0 Å². The lowest BCUT2D eigenvalue weighted by Crippen LogP contribution is -2.61. The second-order valence-corrected chi connectivity index (χ2v) is 5.28. The zero-order valence-electron chi connectivity index (χ0n) is 12.0. The third kappa shape index (κ3) is 3.52. The van der Waals surface area contributed by atoms with E-state index < -0.39 is 48.1 Å². The molecule has 12 heteroatoms. The van der Waals surface area contributed by atoms with E-state index in [0.717, 1.165) is 6.92 Å². The lowest BCUT2D eigenvalue weighted by atomic mass is 9.73. The topological polar surface area (TPSA) is 29.5 Å². The van der Waals surface area contributed by atoms with Crippen molar-refractivity contribution in [1.82, 2.24) is 0 Å². The van der Waals surface area contributed by atoms with Crippen LogP contribution in [0.2, 0.25) is 0 Å². The second kappa shape index (κ2) is 6.26. The Labute approximate surface area is 124 Å². The van der Waals surface area contributed by atoms with Crippen LogP contribution in [0.4, 0.5) is 43.9 Å². The largest absolute Gasteiger partial charge is 0.459 e. The Morgan fingerprint density at radius 1 is 0.870 bits per heavy atom. The molecular formula is C11H14F10O2. The molecule has 0 aromatic heterocycles. The van der Waals surface area contributed by atoms with E-state index in [9.17, 15) is 43.9 Å². The quantitative estimate of drug-likeness (QED) is 0.392. The van der Waals surface area contributed by atoms with Crippen molar-refractivity contribution >= 4 is 0 Å². The fourth-order valence-electron chi connectivity index (χ4n) is 1.99. The normalized spacial score (nSPS) is 20.1. The smallest absolute Gasteiger partial charge is 0.251 e. The van der Waals surface area contributed by atoms with Crippen molar-refractivity contribution in [1.29, 1.82) is 0 Å². The van der Waals surface area contributed by atoms with Gasteiger partial charge < -0.3 is 0 Å². The molecule has 0 bridgehead atoms. The highest BCUT2D eigenvalue weighted by molar-refractivity contribution is 5.01. The van der Waals surface area contributed by atoms with Gasteiger partial charge in [-0.3, -0.25) is 5.26 Å². The Balaban J connectivity index is 6.01. The first-order chi connectivity index (χ1) is 9.91. The molecule has 0 aliphatic rings. The van der Waals surface area contributed by atoms with Crippen molar-refractivity contribution in [2.45, 2.75) is 57.5 Å². The van der Waals surface area contributed by atoms with E-state index in [4.69, 9.17) is 5.26 Å². The van der Waals surface area contributed by atoms with Crippen molar-refractivity contribution in [3.8, 4) is 0 Å². The highest BCUT2D eigenvalue weighted by Crippen LogP contribution is 2.55. The molecule has 3 atom stereocenters. The fourth-order valence-corrected chi connectivity index (χ4v) is 1.99. The SMILES string of the molecule is CCC(C)(C(OO)C(C)C(F)(F)C(F)(F)C(F)(F)F)C(F)(F)F. The first kappa shape index (κ1) is 22.2. The first-order valence-corrected chi connectivity index (χ1v) is 6.11. The first-order valence-electron chi connectivity index (χ1n) is 6.11. The van der Waals surface area contributed by atoms with Crippen molar-refractivity contribution in [3.05, 3.63) is 0 Å². The predicted molar refractivity (Wildman–Crippen MR) is 57.1 cm³/mol. The van der Waals surface area contributed by atoms with E-state index in [1.54, 1.807) is 0 Å². The number of halogens is 10. The van der Waals surface area contributed by atoms with Crippen LogP contribution >= 0.6 is 0 Å². The van der Waals surface area contributed by atoms with E-state index in [2.05, 4.69) is 4.89 Å². The van der Waals surface area contributed by atoms with Gasteiger partial charge in [0.25, 0.3) is 0 Å². The summed E-state index contributed by atoms with van der Waals surface area (Å²) in [5.74, 6) is -15.9. The van der Waals surface area contributed by atoms with Gasteiger partial charge in [-0.05, 0) is 13.3 Å². The van der Waals surface area contributed by atoms with Crippen LogP contribution in [0, 0.1) is 11.3 Å². The van der Waals surface area contributed by atoms with Gasteiger partial charge in [-0.2, -0.15) is 43.9 Å². The zero-order valence-corrected chi connectivity index (χ0v) is 12.0. The summed E-state index contributed by atoms with van der Waals surface area (Å²) in [6.45, 7) is 1.11. The van der Waals surface area contributed by atoms with E-state index in [0.29, 0.717) is 0 Å². The van der Waals surface area contributed by atoms with Gasteiger partial charge in [-0.25, -0.2) is 4.89 Å². The van der Waals surface area contributed by atoms with Gasteiger partial charge in [0.2, 0.25) is 0 Å². The lowest BCUT2D eigenvalue weighted by molar-refractivity contribution is -0.404. The maximum Gasteiger partial charge on any atom is 0.459 e. The molecule has 0 saturated heterocycles. The van der Waals surface area contributed by atoms with Crippen LogP contribution < -0.4 is 0 Å². The Hall–Kier alpha value is -0.780. The third-order valence-electron chi connectivity index (χ3n) is 3.92. The van der Waals surface area contributed by atoms with Crippen molar-refractivity contribution in [3.63, 3.8) is 0 Å². The van der Waals surface area contributed by atoms with Crippen LogP contribution in [0.3, 0.4) is 0 Å². The summed E-state index contributed by atoms with van der Waals surface area (Å²) in [7, 11) is 0. The summed E-state index contributed by atoms with van der Waals surface area (Å²) in [4.78, 5) is 3.29. The molecule has 0 amide bonds. The summed E-state index contributed by atoms with van der Waals surface area (Å²) >= 11 is 0. The van der Waals surface area contributed by atoms with Gasteiger partial charge in [0.05, 0.1) is 11.3 Å². The molecule has 1 N–H and O–H groups in total. The predicted octanol–water partition coefficient (Wildman–Crippen LogP) is 5.29. The maximum absolute atomic E-state index is 13.6. The summed E-state index contributed by atoms with van der Waals surface area (Å²) in [6, 6.07) is 0. The summed E-state index contributed by atoms with van der Waals surface area (Å²) in [5.41, 5.74) is -3.29. The Morgan fingerprint density at radius 3 is 1.48 bits per heavy atom. The van der Waals surface area contributed by atoms with Crippen LogP contribution in [-0.2, 0) is 4.89 Å². The minimum Gasteiger partial charge on any atom is -0.251 e. The lowest BCUT2D eigenvalue weighted by Gasteiger charge is -2.43. The van der Waals surface area contributed by atoms with E-state index in [1.807, 2.05) is 0 Å². The van der Waals surface area contributed by atoms with Gasteiger partial charge >= 0.3 is 24.2 Å². The Kier molecular flexibility index (Phi) is 6.05. The molecule has 0 saturated carbocycles. The van der Waals surface area contributed by atoms with E-state index in [-0.39, 0.29) is 13.8 Å². The number of alkyl halides is 10. The second-order valence-electron chi connectivity index (χ2n) is 5.28. The standard InChI is InChI=1S/C11H14F10O2/c1-4-7(3,10(16,17)18)6(23-22)5(2)8(12,13)9(14,15)11(19,20)21/h5-6,22H,4H2,1-3H3. The maximum atomic E-state index is 13.6. The molecule has 3 unspecified atom stereocenters. The molecular weight excluding hydrogens is 354 g/mol. The van der Waals surface area contributed by atoms with Gasteiger partial charge in [0.1, 0.15) is 6.10 Å². The molecule has 0 radical (unpaired) electrons. The monoisotopic (exact) mass is 368 g/mol. The molecule has 0 aromatic carbocycles. The highest BCUT2D eigenvalue weighted by atomic mass is 19.4. The Morgan fingerprint density at radius 2 is 1.26 bits per heavy atom. The summed E-state index contributed by atoms with van der Waals surface area (Å²) in [5, 5.41) is 8.50. The van der Waals surface area contributed by atoms with Crippen LogP contribution in [0.1, 0.15) is 27.2 Å².